The molecule has 18 heavy (non-hydrogen) atoms. The number of nitrogens with one attached hydrogen (secondary N) is 1. The Kier molecular flexibility index (Phi) is 4.79. The van der Waals surface area contributed by atoms with Crippen LogP contribution in [0, 0.1) is 5.41 Å². The summed E-state index contributed by atoms with van der Waals surface area (Å²) in [5.41, 5.74) is 7.96. The molecular formula is C16H26N2. The molecule has 2 heteroatoms. The van der Waals surface area contributed by atoms with Gasteiger partial charge in [-0.3, -0.25) is 0 Å². The van der Waals surface area contributed by atoms with E-state index < -0.39 is 0 Å². The van der Waals surface area contributed by atoms with Gasteiger partial charge in [-0.2, -0.15) is 0 Å². The highest BCUT2D eigenvalue weighted by molar-refractivity contribution is 5.18. The van der Waals surface area contributed by atoms with Crippen LogP contribution in [0.5, 0.6) is 0 Å². The van der Waals surface area contributed by atoms with Gasteiger partial charge in [0, 0.05) is 12.6 Å². The van der Waals surface area contributed by atoms with Crippen LogP contribution in [0.4, 0.5) is 0 Å². The highest BCUT2D eigenvalue weighted by Gasteiger charge is 2.27. The van der Waals surface area contributed by atoms with Gasteiger partial charge in [0.1, 0.15) is 0 Å². The van der Waals surface area contributed by atoms with E-state index in [-0.39, 0.29) is 6.04 Å². The Morgan fingerprint density at radius 1 is 1.22 bits per heavy atom. The van der Waals surface area contributed by atoms with E-state index in [1.54, 1.807) is 0 Å². The molecule has 1 aromatic rings. The molecule has 0 saturated heterocycles. The van der Waals surface area contributed by atoms with Crippen LogP contribution in [0.15, 0.2) is 30.3 Å². The number of hydrogen-bond donors (Lipinski definition) is 2. The van der Waals surface area contributed by atoms with Crippen LogP contribution in [0.2, 0.25) is 0 Å². The Bertz CT molecular complexity index is 341. The quantitative estimate of drug-likeness (QED) is 0.756. The van der Waals surface area contributed by atoms with E-state index >= 15 is 0 Å². The van der Waals surface area contributed by atoms with Gasteiger partial charge in [0.05, 0.1) is 0 Å². The summed E-state index contributed by atoms with van der Waals surface area (Å²) in [4.78, 5) is 0. The summed E-state index contributed by atoms with van der Waals surface area (Å²) in [5.74, 6) is 0. The van der Waals surface area contributed by atoms with E-state index in [1.165, 1.54) is 31.2 Å². The fourth-order valence-corrected chi connectivity index (χ4v) is 2.92. The Morgan fingerprint density at radius 2 is 1.89 bits per heavy atom. The summed E-state index contributed by atoms with van der Waals surface area (Å²) in [7, 11) is 0. The molecule has 0 aliphatic heterocycles. The zero-order chi connectivity index (χ0) is 12.8. The van der Waals surface area contributed by atoms with Crippen LogP contribution in [-0.2, 0) is 0 Å². The molecule has 1 atom stereocenters. The third-order valence-corrected chi connectivity index (χ3v) is 4.22. The molecule has 100 valence electrons. The normalized spacial score (nSPS) is 19.9. The van der Waals surface area contributed by atoms with Gasteiger partial charge in [-0.1, -0.05) is 50.1 Å². The molecule has 0 heterocycles. The van der Waals surface area contributed by atoms with Crippen molar-refractivity contribution in [1.29, 1.82) is 0 Å². The first-order valence-corrected chi connectivity index (χ1v) is 7.21. The Morgan fingerprint density at radius 3 is 2.56 bits per heavy atom. The number of rotatable bonds is 6. The Balaban J connectivity index is 1.66. The largest absolute Gasteiger partial charge is 0.324 e. The van der Waals surface area contributed by atoms with Gasteiger partial charge in [-0.15, -0.1) is 0 Å². The minimum atomic E-state index is 0.162. The summed E-state index contributed by atoms with van der Waals surface area (Å²) >= 11 is 0. The van der Waals surface area contributed by atoms with Crippen LogP contribution in [0.3, 0.4) is 0 Å². The van der Waals surface area contributed by atoms with E-state index in [0.29, 0.717) is 5.41 Å². The van der Waals surface area contributed by atoms with Crippen molar-refractivity contribution in [3.05, 3.63) is 35.9 Å². The molecule has 3 N–H and O–H groups in total. The van der Waals surface area contributed by atoms with Gasteiger partial charge in [-0.25, -0.2) is 0 Å². The van der Waals surface area contributed by atoms with E-state index in [1.807, 2.05) is 6.07 Å². The van der Waals surface area contributed by atoms with Crippen molar-refractivity contribution in [2.45, 2.75) is 45.1 Å². The molecule has 0 amide bonds. The van der Waals surface area contributed by atoms with Crippen molar-refractivity contribution in [3.8, 4) is 0 Å². The Hall–Kier alpha value is -0.860. The second-order valence-corrected chi connectivity index (χ2v) is 6.00. The number of benzene rings is 1. The average molecular weight is 246 g/mol. The highest BCUT2D eigenvalue weighted by Crippen LogP contribution is 2.36. The summed E-state index contributed by atoms with van der Waals surface area (Å²) in [6, 6.07) is 10.5. The maximum Gasteiger partial charge on any atom is 0.0306 e. The third kappa shape index (κ3) is 3.82. The van der Waals surface area contributed by atoms with Crippen molar-refractivity contribution >= 4 is 0 Å². The zero-order valence-electron chi connectivity index (χ0n) is 11.5. The van der Waals surface area contributed by atoms with Gasteiger partial charge in [-0.05, 0) is 36.8 Å². The molecule has 1 aliphatic carbocycles. The first-order valence-electron chi connectivity index (χ1n) is 7.21. The molecule has 0 radical (unpaired) electrons. The molecule has 1 fully saturated rings. The van der Waals surface area contributed by atoms with Crippen LogP contribution in [0.25, 0.3) is 0 Å². The van der Waals surface area contributed by atoms with Gasteiger partial charge in [0.25, 0.3) is 0 Å². The molecule has 0 spiro atoms. The molecule has 1 aromatic carbocycles. The first kappa shape index (κ1) is 13.6. The van der Waals surface area contributed by atoms with Crippen molar-refractivity contribution in [3.63, 3.8) is 0 Å². The van der Waals surface area contributed by atoms with Crippen molar-refractivity contribution in [2.24, 2.45) is 11.1 Å². The van der Waals surface area contributed by atoms with E-state index in [0.717, 1.165) is 19.5 Å². The zero-order valence-corrected chi connectivity index (χ0v) is 11.5. The fraction of sp³-hybridized carbons (Fsp3) is 0.625. The molecule has 0 bridgehead atoms. The molecule has 2 rings (SSSR count). The second kappa shape index (κ2) is 6.35. The minimum absolute atomic E-state index is 0.162. The SMILES string of the molecule is CC1(CNCCC(N)c2ccccc2)CCCC1. The van der Waals surface area contributed by atoms with E-state index in [4.69, 9.17) is 5.73 Å². The number of nitrogens with two attached hydrogens (primary N) is 1. The molecule has 1 aliphatic rings. The summed E-state index contributed by atoms with van der Waals surface area (Å²) in [6.45, 7) is 4.57. The lowest BCUT2D eigenvalue weighted by atomic mass is 9.89. The van der Waals surface area contributed by atoms with Crippen LogP contribution in [-0.4, -0.2) is 13.1 Å². The summed E-state index contributed by atoms with van der Waals surface area (Å²) in [5, 5.41) is 3.59. The van der Waals surface area contributed by atoms with Crippen molar-refractivity contribution in [1.82, 2.24) is 5.32 Å². The van der Waals surface area contributed by atoms with E-state index in [9.17, 15) is 0 Å². The summed E-state index contributed by atoms with van der Waals surface area (Å²) in [6.07, 6.45) is 6.58. The lowest BCUT2D eigenvalue weighted by Gasteiger charge is -2.24. The minimum Gasteiger partial charge on any atom is -0.324 e. The monoisotopic (exact) mass is 246 g/mol. The maximum absolute atomic E-state index is 6.18. The molecule has 1 saturated carbocycles. The lowest BCUT2D eigenvalue weighted by molar-refractivity contribution is 0.313. The predicted molar refractivity (Wildman–Crippen MR) is 77.4 cm³/mol. The maximum atomic E-state index is 6.18. The lowest BCUT2D eigenvalue weighted by Crippen LogP contribution is -2.31. The second-order valence-electron chi connectivity index (χ2n) is 6.00. The van der Waals surface area contributed by atoms with Gasteiger partial charge >= 0.3 is 0 Å². The van der Waals surface area contributed by atoms with Crippen LogP contribution >= 0.6 is 0 Å². The van der Waals surface area contributed by atoms with Crippen LogP contribution < -0.4 is 11.1 Å². The standard InChI is InChI=1S/C16H26N2/c1-16(10-5-6-11-16)13-18-12-9-15(17)14-7-3-2-4-8-14/h2-4,7-8,15,18H,5-6,9-13,17H2,1H3. The summed E-state index contributed by atoms with van der Waals surface area (Å²) < 4.78 is 0. The molecule has 1 unspecified atom stereocenters. The first-order chi connectivity index (χ1) is 8.70. The third-order valence-electron chi connectivity index (χ3n) is 4.22. The van der Waals surface area contributed by atoms with Crippen LogP contribution in [0.1, 0.15) is 50.6 Å². The van der Waals surface area contributed by atoms with Crippen molar-refractivity contribution < 1.29 is 0 Å². The smallest absolute Gasteiger partial charge is 0.0306 e. The van der Waals surface area contributed by atoms with Crippen molar-refractivity contribution in [2.75, 3.05) is 13.1 Å². The predicted octanol–water partition coefficient (Wildman–Crippen LogP) is 3.25. The Labute approximate surface area is 111 Å². The van der Waals surface area contributed by atoms with E-state index in [2.05, 4.69) is 36.5 Å². The highest BCUT2D eigenvalue weighted by atomic mass is 14.9. The fourth-order valence-electron chi connectivity index (χ4n) is 2.92. The molecule has 2 nitrogen and oxygen atoms in total. The molecule has 0 aromatic heterocycles. The molecular weight excluding hydrogens is 220 g/mol. The van der Waals surface area contributed by atoms with Gasteiger partial charge in [0.2, 0.25) is 0 Å². The topological polar surface area (TPSA) is 38.0 Å². The van der Waals surface area contributed by atoms with Gasteiger partial charge < -0.3 is 11.1 Å². The average Bonchev–Trinajstić information content (AvgIpc) is 2.83. The van der Waals surface area contributed by atoms with Gasteiger partial charge in [0.15, 0.2) is 0 Å². The number of hydrogen-bond acceptors (Lipinski definition) is 2.